The molecular weight excluding hydrogens is 330 g/mol. The number of amides is 1. The van der Waals surface area contributed by atoms with Crippen molar-refractivity contribution in [3.05, 3.63) is 48.3 Å². The van der Waals surface area contributed by atoms with Gasteiger partial charge < -0.3 is 15.0 Å². The Kier molecular flexibility index (Phi) is 6.38. The number of carbonyl (C=O) groups excluding carboxylic acids is 1. The summed E-state index contributed by atoms with van der Waals surface area (Å²) in [5.74, 6) is 1.68. The number of ether oxygens (including phenoxy) is 1. The largest absolute Gasteiger partial charge is 0.497 e. The van der Waals surface area contributed by atoms with Crippen molar-refractivity contribution in [2.45, 2.75) is 6.42 Å². The van der Waals surface area contributed by atoms with Gasteiger partial charge in [0.25, 0.3) is 0 Å². The van der Waals surface area contributed by atoms with Crippen LogP contribution in [0.25, 0.3) is 0 Å². The SMILES string of the molecule is COc1ccc(CCNC(=O)CN2CCN(c3ncccn3)CC2)cc1. The Morgan fingerprint density at radius 1 is 1.12 bits per heavy atom. The van der Waals surface area contributed by atoms with E-state index in [0.717, 1.165) is 44.3 Å². The molecule has 0 aliphatic carbocycles. The van der Waals surface area contributed by atoms with Crippen LogP contribution in [-0.2, 0) is 11.2 Å². The van der Waals surface area contributed by atoms with Gasteiger partial charge in [-0.05, 0) is 30.2 Å². The first-order valence-corrected chi connectivity index (χ1v) is 8.88. The Morgan fingerprint density at radius 3 is 2.46 bits per heavy atom. The number of rotatable bonds is 7. The average Bonchev–Trinajstić information content (AvgIpc) is 2.70. The van der Waals surface area contributed by atoms with Crippen molar-refractivity contribution in [2.75, 3.05) is 51.3 Å². The fraction of sp³-hybridized carbons (Fsp3) is 0.421. The minimum absolute atomic E-state index is 0.0722. The van der Waals surface area contributed by atoms with Crippen LogP contribution < -0.4 is 15.0 Å². The summed E-state index contributed by atoms with van der Waals surface area (Å²) in [6.45, 7) is 4.43. The van der Waals surface area contributed by atoms with E-state index in [0.29, 0.717) is 13.1 Å². The van der Waals surface area contributed by atoms with E-state index in [1.54, 1.807) is 19.5 Å². The van der Waals surface area contributed by atoms with Crippen molar-refractivity contribution in [1.82, 2.24) is 20.2 Å². The number of anilines is 1. The molecule has 0 atom stereocenters. The van der Waals surface area contributed by atoms with Crippen molar-refractivity contribution < 1.29 is 9.53 Å². The number of nitrogens with zero attached hydrogens (tertiary/aromatic N) is 4. The highest BCUT2D eigenvalue weighted by molar-refractivity contribution is 5.78. The van der Waals surface area contributed by atoms with E-state index in [-0.39, 0.29) is 5.91 Å². The second kappa shape index (κ2) is 9.15. The van der Waals surface area contributed by atoms with E-state index in [2.05, 4.69) is 25.1 Å². The molecule has 1 aliphatic heterocycles. The highest BCUT2D eigenvalue weighted by Crippen LogP contribution is 2.11. The van der Waals surface area contributed by atoms with E-state index >= 15 is 0 Å². The van der Waals surface area contributed by atoms with Crippen LogP contribution >= 0.6 is 0 Å². The number of nitrogens with one attached hydrogen (secondary N) is 1. The Hall–Kier alpha value is -2.67. The van der Waals surface area contributed by atoms with Crippen LogP contribution in [0.5, 0.6) is 5.75 Å². The lowest BCUT2D eigenvalue weighted by Crippen LogP contribution is -2.50. The van der Waals surface area contributed by atoms with Gasteiger partial charge in [-0.1, -0.05) is 12.1 Å². The molecule has 2 heterocycles. The first kappa shape index (κ1) is 18.1. The predicted octanol–water partition coefficient (Wildman–Crippen LogP) is 0.966. The molecule has 2 aromatic rings. The fourth-order valence-electron chi connectivity index (χ4n) is 2.96. The smallest absolute Gasteiger partial charge is 0.234 e. The second-order valence-corrected chi connectivity index (χ2v) is 6.26. The van der Waals surface area contributed by atoms with Gasteiger partial charge in [0.15, 0.2) is 0 Å². The number of methoxy groups -OCH3 is 1. The van der Waals surface area contributed by atoms with Crippen molar-refractivity contribution >= 4 is 11.9 Å². The van der Waals surface area contributed by atoms with Crippen LogP contribution in [0, 0.1) is 0 Å². The lowest BCUT2D eigenvalue weighted by molar-refractivity contribution is -0.122. The Bertz CT molecular complexity index is 685. The molecule has 0 bridgehead atoms. The zero-order chi connectivity index (χ0) is 18.2. The standard InChI is InChI=1S/C19H25N5O2/c1-26-17-5-3-16(4-6-17)7-10-20-18(25)15-23-11-13-24(14-12-23)19-21-8-2-9-22-19/h2-6,8-9H,7,10-15H2,1H3,(H,20,25). The van der Waals surface area contributed by atoms with Crippen LogP contribution in [-0.4, -0.2) is 67.2 Å². The zero-order valence-electron chi connectivity index (χ0n) is 15.1. The van der Waals surface area contributed by atoms with Crippen LogP contribution in [0.4, 0.5) is 5.95 Å². The van der Waals surface area contributed by atoms with E-state index in [4.69, 9.17) is 4.74 Å². The van der Waals surface area contributed by atoms with Gasteiger partial charge in [0.05, 0.1) is 13.7 Å². The van der Waals surface area contributed by atoms with Gasteiger partial charge in [-0.2, -0.15) is 0 Å². The number of hydrogen-bond acceptors (Lipinski definition) is 6. The van der Waals surface area contributed by atoms with Gasteiger partial charge in [-0.3, -0.25) is 9.69 Å². The monoisotopic (exact) mass is 355 g/mol. The maximum atomic E-state index is 12.1. The molecule has 1 N–H and O–H groups in total. The maximum Gasteiger partial charge on any atom is 0.234 e. The highest BCUT2D eigenvalue weighted by Gasteiger charge is 2.20. The minimum Gasteiger partial charge on any atom is -0.497 e. The van der Waals surface area contributed by atoms with Gasteiger partial charge in [-0.25, -0.2) is 9.97 Å². The molecule has 138 valence electrons. The first-order chi connectivity index (χ1) is 12.7. The predicted molar refractivity (Wildman–Crippen MR) is 100 cm³/mol. The number of carbonyl (C=O) groups is 1. The molecule has 0 unspecified atom stereocenters. The topological polar surface area (TPSA) is 70.6 Å². The summed E-state index contributed by atoms with van der Waals surface area (Å²) in [5.41, 5.74) is 1.18. The number of aromatic nitrogens is 2. The third kappa shape index (κ3) is 5.16. The van der Waals surface area contributed by atoms with Crippen molar-refractivity contribution in [2.24, 2.45) is 0 Å². The molecule has 0 saturated carbocycles. The summed E-state index contributed by atoms with van der Waals surface area (Å²) in [7, 11) is 1.65. The van der Waals surface area contributed by atoms with Gasteiger partial charge in [-0.15, -0.1) is 0 Å². The van der Waals surface area contributed by atoms with Crippen LogP contribution in [0.15, 0.2) is 42.7 Å². The lowest BCUT2D eigenvalue weighted by atomic mass is 10.1. The third-order valence-corrected chi connectivity index (χ3v) is 4.47. The van der Waals surface area contributed by atoms with Crippen LogP contribution in [0.1, 0.15) is 5.56 Å². The van der Waals surface area contributed by atoms with Gasteiger partial charge in [0.1, 0.15) is 5.75 Å². The molecule has 0 radical (unpaired) electrons. The average molecular weight is 355 g/mol. The van der Waals surface area contributed by atoms with Gasteiger partial charge >= 0.3 is 0 Å². The van der Waals surface area contributed by atoms with Gasteiger partial charge in [0.2, 0.25) is 11.9 Å². The summed E-state index contributed by atoms with van der Waals surface area (Å²) in [6, 6.07) is 9.74. The Balaban J connectivity index is 1.35. The number of benzene rings is 1. The molecule has 1 fully saturated rings. The summed E-state index contributed by atoms with van der Waals surface area (Å²) in [6.07, 6.45) is 4.32. The van der Waals surface area contributed by atoms with E-state index < -0.39 is 0 Å². The molecule has 7 heteroatoms. The summed E-state index contributed by atoms with van der Waals surface area (Å²) >= 11 is 0. The fourth-order valence-corrected chi connectivity index (χ4v) is 2.96. The molecule has 1 aliphatic rings. The molecule has 0 spiro atoms. The molecule has 26 heavy (non-hydrogen) atoms. The second-order valence-electron chi connectivity index (χ2n) is 6.26. The van der Waals surface area contributed by atoms with Crippen molar-refractivity contribution in [3.63, 3.8) is 0 Å². The number of piperazine rings is 1. The molecule has 1 saturated heterocycles. The van der Waals surface area contributed by atoms with Crippen LogP contribution in [0.3, 0.4) is 0 Å². The molecule has 1 amide bonds. The summed E-state index contributed by atoms with van der Waals surface area (Å²) < 4.78 is 5.15. The molecule has 3 rings (SSSR count). The highest BCUT2D eigenvalue weighted by atomic mass is 16.5. The number of hydrogen-bond donors (Lipinski definition) is 1. The van der Waals surface area contributed by atoms with Crippen molar-refractivity contribution in [3.8, 4) is 5.75 Å². The van der Waals surface area contributed by atoms with E-state index in [1.807, 2.05) is 30.3 Å². The zero-order valence-corrected chi connectivity index (χ0v) is 15.1. The first-order valence-electron chi connectivity index (χ1n) is 8.88. The van der Waals surface area contributed by atoms with E-state index in [1.165, 1.54) is 5.56 Å². The molecule has 7 nitrogen and oxygen atoms in total. The quantitative estimate of drug-likeness (QED) is 0.798. The van der Waals surface area contributed by atoms with E-state index in [9.17, 15) is 4.79 Å². The third-order valence-electron chi connectivity index (χ3n) is 4.47. The summed E-state index contributed by atoms with van der Waals surface area (Å²) in [5, 5.41) is 3.00. The molecule has 1 aromatic carbocycles. The Morgan fingerprint density at radius 2 is 1.81 bits per heavy atom. The minimum atomic E-state index is 0.0722. The van der Waals surface area contributed by atoms with Gasteiger partial charge in [0, 0.05) is 45.1 Å². The molecular formula is C19H25N5O2. The van der Waals surface area contributed by atoms with Crippen LogP contribution in [0.2, 0.25) is 0 Å². The van der Waals surface area contributed by atoms with Crippen molar-refractivity contribution in [1.29, 1.82) is 0 Å². The summed E-state index contributed by atoms with van der Waals surface area (Å²) in [4.78, 5) is 25.0. The lowest BCUT2D eigenvalue weighted by Gasteiger charge is -2.34. The normalized spacial score (nSPS) is 14.9. The molecule has 1 aromatic heterocycles. The maximum absolute atomic E-state index is 12.1. The Labute approximate surface area is 154 Å².